The standard InChI is InChI=1S/C15H14FN7/c1-8(21-14-9(6-17)13(18)19-7-20-14)15-22-12-10(16)4-3-5-11(12)23(15)2/h3-5,7-8H,1-2H3,(H3,18,19,20,21)/t8-/m0/s1. The van der Waals surface area contributed by atoms with Gasteiger partial charge in [0, 0.05) is 7.05 Å². The second kappa shape index (κ2) is 5.53. The van der Waals surface area contributed by atoms with Crippen molar-refractivity contribution in [2.45, 2.75) is 13.0 Å². The molecular weight excluding hydrogens is 297 g/mol. The first-order valence-electron chi connectivity index (χ1n) is 6.91. The van der Waals surface area contributed by atoms with Crippen molar-refractivity contribution in [3.05, 3.63) is 41.7 Å². The lowest BCUT2D eigenvalue weighted by atomic mass is 10.2. The number of fused-ring (bicyclic) bond motifs is 1. The highest BCUT2D eigenvalue weighted by atomic mass is 19.1. The van der Waals surface area contributed by atoms with E-state index in [4.69, 9.17) is 11.0 Å². The second-order valence-electron chi connectivity index (χ2n) is 5.10. The van der Waals surface area contributed by atoms with Crippen LogP contribution in [0.25, 0.3) is 11.0 Å². The molecule has 0 fully saturated rings. The maximum absolute atomic E-state index is 13.9. The lowest BCUT2D eigenvalue weighted by molar-refractivity contribution is 0.636. The molecule has 0 saturated heterocycles. The van der Waals surface area contributed by atoms with Crippen LogP contribution in [0.2, 0.25) is 0 Å². The summed E-state index contributed by atoms with van der Waals surface area (Å²) < 4.78 is 15.7. The number of rotatable bonds is 3. The Morgan fingerprint density at radius 1 is 1.39 bits per heavy atom. The van der Waals surface area contributed by atoms with Crippen LogP contribution in [-0.4, -0.2) is 19.5 Å². The maximum atomic E-state index is 13.9. The number of hydrogen-bond donors (Lipinski definition) is 2. The van der Waals surface area contributed by atoms with Crippen LogP contribution >= 0.6 is 0 Å². The highest BCUT2D eigenvalue weighted by Crippen LogP contribution is 2.25. The van der Waals surface area contributed by atoms with Gasteiger partial charge in [0.05, 0.1) is 11.6 Å². The van der Waals surface area contributed by atoms with E-state index in [0.29, 0.717) is 22.7 Å². The zero-order valence-electron chi connectivity index (χ0n) is 12.6. The van der Waals surface area contributed by atoms with Gasteiger partial charge >= 0.3 is 0 Å². The molecule has 0 aliphatic rings. The zero-order chi connectivity index (χ0) is 16.6. The molecule has 0 unspecified atom stereocenters. The Hall–Kier alpha value is -3.21. The third kappa shape index (κ3) is 2.42. The van der Waals surface area contributed by atoms with E-state index in [1.807, 2.05) is 20.0 Å². The minimum atomic E-state index is -0.374. The Labute approximate surface area is 131 Å². The molecule has 8 heteroatoms. The normalized spacial score (nSPS) is 12.1. The molecule has 7 nitrogen and oxygen atoms in total. The van der Waals surface area contributed by atoms with Crippen molar-refractivity contribution in [2.75, 3.05) is 11.1 Å². The highest BCUT2D eigenvalue weighted by Gasteiger charge is 2.18. The number of nitriles is 1. The average Bonchev–Trinajstić information content (AvgIpc) is 2.86. The van der Waals surface area contributed by atoms with Crippen LogP contribution in [0, 0.1) is 17.1 Å². The zero-order valence-corrected chi connectivity index (χ0v) is 12.6. The molecule has 23 heavy (non-hydrogen) atoms. The fraction of sp³-hybridized carbons (Fsp3) is 0.200. The monoisotopic (exact) mass is 311 g/mol. The molecule has 1 aromatic carbocycles. The van der Waals surface area contributed by atoms with Crippen molar-refractivity contribution in [1.82, 2.24) is 19.5 Å². The first kappa shape index (κ1) is 14.7. The van der Waals surface area contributed by atoms with Gasteiger partial charge in [0.15, 0.2) is 5.82 Å². The largest absolute Gasteiger partial charge is 0.382 e. The van der Waals surface area contributed by atoms with Crippen LogP contribution in [-0.2, 0) is 7.05 Å². The van der Waals surface area contributed by atoms with Crippen molar-refractivity contribution in [2.24, 2.45) is 7.05 Å². The predicted octanol–water partition coefficient (Wildman–Crippen LogP) is 2.13. The van der Waals surface area contributed by atoms with Crippen LogP contribution in [0.5, 0.6) is 0 Å². The Morgan fingerprint density at radius 3 is 2.87 bits per heavy atom. The number of hydrogen-bond acceptors (Lipinski definition) is 6. The van der Waals surface area contributed by atoms with Gasteiger partial charge in [-0.25, -0.2) is 19.3 Å². The smallest absolute Gasteiger partial charge is 0.151 e. The highest BCUT2D eigenvalue weighted by molar-refractivity contribution is 5.76. The van der Waals surface area contributed by atoms with E-state index in [0.717, 1.165) is 0 Å². The van der Waals surface area contributed by atoms with Gasteiger partial charge < -0.3 is 15.6 Å². The molecule has 0 radical (unpaired) electrons. The summed E-state index contributed by atoms with van der Waals surface area (Å²) in [5.74, 6) is 0.667. The average molecular weight is 311 g/mol. The van der Waals surface area contributed by atoms with Crippen molar-refractivity contribution >= 4 is 22.7 Å². The number of imidazole rings is 1. The third-order valence-electron chi connectivity index (χ3n) is 3.63. The number of nitrogens with two attached hydrogens (primary N) is 1. The number of aryl methyl sites for hydroxylation is 1. The van der Waals surface area contributed by atoms with Gasteiger partial charge in [-0.15, -0.1) is 0 Å². The molecule has 2 aromatic heterocycles. The van der Waals surface area contributed by atoms with E-state index in [-0.39, 0.29) is 23.2 Å². The lowest BCUT2D eigenvalue weighted by Gasteiger charge is -2.15. The molecule has 0 spiro atoms. The van der Waals surface area contributed by atoms with Crippen molar-refractivity contribution in [3.8, 4) is 6.07 Å². The number of halogens is 1. The van der Waals surface area contributed by atoms with Gasteiger partial charge in [0.25, 0.3) is 0 Å². The van der Waals surface area contributed by atoms with Crippen LogP contribution in [0.3, 0.4) is 0 Å². The van der Waals surface area contributed by atoms with E-state index in [9.17, 15) is 4.39 Å². The summed E-state index contributed by atoms with van der Waals surface area (Å²) in [6, 6.07) is 6.47. The Bertz CT molecular complexity index is 925. The lowest BCUT2D eigenvalue weighted by Crippen LogP contribution is -2.14. The maximum Gasteiger partial charge on any atom is 0.151 e. The summed E-state index contributed by atoms with van der Waals surface area (Å²) in [4.78, 5) is 12.2. The molecule has 0 bridgehead atoms. The quantitative estimate of drug-likeness (QED) is 0.767. The van der Waals surface area contributed by atoms with Crippen LogP contribution in [0.1, 0.15) is 24.4 Å². The first-order valence-corrected chi connectivity index (χ1v) is 6.91. The minimum Gasteiger partial charge on any atom is -0.382 e. The van der Waals surface area contributed by atoms with E-state index < -0.39 is 0 Å². The van der Waals surface area contributed by atoms with E-state index in [2.05, 4.69) is 20.3 Å². The molecule has 1 atom stereocenters. The number of nitrogens with one attached hydrogen (secondary N) is 1. The number of anilines is 2. The summed E-state index contributed by atoms with van der Waals surface area (Å²) in [7, 11) is 1.81. The molecule has 3 aromatic rings. The SMILES string of the molecule is C[C@H](Nc1ncnc(N)c1C#N)c1nc2c(F)cccc2n1C. The first-order chi connectivity index (χ1) is 11.0. The molecule has 0 amide bonds. The second-order valence-corrected chi connectivity index (χ2v) is 5.10. The number of nitrogens with zero attached hydrogens (tertiary/aromatic N) is 5. The summed E-state index contributed by atoms with van der Waals surface area (Å²) in [5, 5.41) is 12.2. The molecule has 3 rings (SSSR count). The van der Waals surface area contributed by atoms with Crippen LogP contribution in [0.15, 0.2) is 24.5 Å². The van der Waals surface area contributed by atoms with Gasteiger partial charge in [0.1, 0.15) is 40.9 Å². The Balaban J connectivity index is 2.01. The molecule has 2 heterocycles. The van der Waals surface area contributed by atoms with Gasteiger partial charge in [-0.3, -0.25) is 0 Å². The minimum absolute atomic E-state index is 0.105. The summed E-state index contributed by atoms with van der Waals surface area (Å²) in [6.45, 7) is 1.85. The van der Waals surface area contributed by atoms with Gasteiger partial charge in [-0.1, -0.05) is 6.07 Å². The molecule has 0 aliphatic carbocycles. The van der Waals surface area contributed by atoms with Gasteiger partial charge in [0.2, 0.25) is 0 Å². The van der Waals surface area contributed by atoms with Crippen molar-refractivity contribution < 1.29 is 4.39 Å². The Morgan fingerprint density at radius 2 is 2.17 bits per heavy atom. The number of para-hydroxylation sites is 1. The predicted molar refractivity (Wildman–Crippen MR) is 83.9 cm³/mol. The fourth-order valence-electron chi connectivity index (χ4n) is 2.47. The fourth-order valence-corrected chi connectivity index (χ4v) is 2.47. The molecule has 116 valence electrons. The van der Waals surface area contributed by atoms with Gasteiger partial charge in [-0.05, 0) is 19.1 Å². The van der Waals surface area contributed by atoms with Crippen LogP contribution < -0.4 is 11.1 Å². The number of aromatic nitrogens is 4. The van der Waals surface area contributed by atoms with Crippen molar-refractivity contribution in [3.63, 3.8) is 0 Å². The Kier molecular flexibility index (Phi) is 3.54. The summed E-state index contributed by atoms with van der Waals surface area (Å²) in [6.07, 6.45) is 1.28. The summed E-state index contributed by atoms with van der Waals surface area (Å²) >= 11 is 0. The van der Waals surface area contributed by atoms with E-state index in [1.165, 1.54) is 12.4 Å². The van der Waals surface area contributed by atoms with E-state index in [1.54, 1.807) is 16.7 Å². The van der Waals surface area contributed by atoms with Gasteiger partial charge in [-0.2, -0.15) is 5.26 Å². The number of nitrogen functional groups attached to an aromatic ring is 1. The topological polar surface area (TPSA) is 105 Å². The van der Waals surface area contributed by atoms with Crippen molar-refractivity contribution in [1.29, 1.82) is 5.26 Å². The third-order valence-corrected chi connectivity index (χ3v) is 3.63. The van der Waals surface area contributed by atoms with Crippen LogP contribution in [0.4, 0.5) is 16.0 Å². The molecule has 3 N–H and O–H groups in total. The molecule has 0 aliphatic heterocycles. The summed E-state index contributed by atoms with van der Waals surface area (Å²) in [5.41, 5.74) is 6.84. The molecule has 0 saturated carbocycles. The van der Waals surface area contributed by atoms with E-state index >= 15 is 0 Å². The molecular formula is C15H14FN7. The number of benzene rings is 1.